The summed E-state index contributed by atoms with van der Waals surface area (Å²) in [6.07, 6.45) is 2.82. The van der Waals surface area contributed by atoms with Gasteiger partial charge >= 0.3 is 0 Å². The predicted molar refractivity (Wildman–Crippen MR) is 108 cm³/mol. The summed E-state index contributed by atoms with van der Waals surface area (Å²) in [6.45, 7) is 2.43. The minimum atomic E-state index is -0.313. The van der Waals surface area contributed by atoms with Gasteiger partial charge in [-0.25, -0.2) is 9.07 Å². The van der Waals surface area contributed by atoms with E-state index in [-0.39, 0.29) is 11.7 Å². The first kappa shape index (κ1) is 20.4. The molecule has 0 saturated heterocycles. The molecule has 29 heavy (non-hydrogen) atoms. The smallest absolute Gasteiger partial charge is 0.254 e. The van der Waals surface area contributed by atoms with Crippen molar-refractivity contribution in [3.63, 3.8) is 0 Å². The van der Waals surface area contributed by atoms with Gasteiger partial charge in [-0.2, -0.15) is 5.10 Å². The van der Waals surface area contributed by atoms with Gasteiger partial charge in [0.05, 0.1) is 37.4 Å². The van der Waals surface area contributed by atoms with Crippen LogP contribution >= 0.6 is 0 Å². The Balaban J connectivity index is 1.67. The molecule has 0 aliphatic heterocycles. The lowest BCUT2D eigenvalue weighted by Crippen LogP contribution is -2.26. The third kappa shape index (κ3) is 4.56. The molecule has 0 radical (unpaired) electrons. The first-order valence-corrected chi connectivity index (χ1v) is 9.39. The Labute approximate surface area is 169 Å². The highest BCUT2D eigenvalue weighted by molar-refractivity contribution is 5.95. The highest BCUT2D eigenvalue weighted by Crippen LogP contribution is 2.27. The Morgan fingerprint density at radius 2 is 1.83 bits per heavy atom. The van der Waals surface area contributed by atoms with Gasteiger partial charge in [0, 0.05) is 6.54 Å². The number of hydrogen-bond acceptors (Lipinski definition) is 4. The number of nitrogens with one attached hydrogen (secondary N) is 1. The van der Waals surface area contributed by atoms with E-state index >= 15 is 0 Å². The molecule has 0 fully saturated rings. The molecule has 7 heteroatoms. The lowest BCUT2D eigenvalue weighted by atomic mass is 10.1. The van der Waals surface area contributed by atoms with Crippen LogP contribution in [0.4, 0.5) is 4.39 Å². The van der Waals surface area contributed by atoms with Crippen molar-refractivity contribution in [2.75, 3.05) is 20.8 Å². The number of ether oxygens (including phenoxy) is 2. The molecular weight excluding hydrogens is 373 g/mol. The summed E-state index contributed by atoms with van der Waals surface area (Å²) in [5.74, 6) is 0.828. The van der Waals surface area contributed by atoms with Crippen LogP contribution in [0.1, 0.15) is 28.5 Å². The Morgan fingerprint density at radius 1 is 1.10 bits per heavy atom. The van der Waals surface area contributed by atoms with Crippen LogP contribution in [0.2, 0.25) is 0 Å². The SMILES string of the molecule is CCc1c(C(=O)NCCc2ccc(OC)c(OC)c2)cnn1-c1ccc(F)cc1. The Hall–Kier alpha value is -3.35. The molecule has 0 unspecified atom stereocenters. The maximum absolute atomic E-state index is 13.2. The highest BCUT2D eigenvalue weighted by atomic mass is 19.1. The molecule has 1 amide bonds. The quantitative estimate of drug-likeness (QED) is 0.631. The van der Waals surface area contributed by atoms with Gasteiger partial charge in [0.2, 0.25) is 0 Å². The summed E-state index contributed by atoms with van der Waals surface area (Å²) in [6, 6.07) is 11.7. The zero-order valence-electron chi connectivity index (χ0n) is 16.7. The molecule has 0 spiro atoms. The number of nitrogens with zero attached hydrogens (tertiary/aromatic N) is 2. The molecule has 6 nitrogen and oxygen atoms in total. The van der Waals surface area contributed by atoms with Crippen molar-refractivity contribution >= 4 is 5.91 Å². The molecule has 0 bridgehead atoms. The highest BCUT2D eigenvalue weighted by Gasteiger charge is 2.17. The number of rotatable bonds is 8. The molecule has 0 atom stereocenters. The monoisotopic (exact) mass is 397 g/mol. The maximum atomic E-state index is 13.2. The van der Waals surface area contributed by atoms with Crippen LogP contribution in [-0.4, -0.2) is 36.5 Å². The van der Waals surface area contributed by atoms with Gasteiger partial charge in [-0.1, -0.05) is 13.0 Å². The molecular formula is C22H24FN3O3. The van der Waals surface area contributed by atoms with Crippen LogP contribution in [0, 0.1) is 5.82 Å². The number of methoxy groups -OCH3 is 2. The van der Waals surface area contributed by atoms with Crippen molar-refractivity contribution in [2.45, 2.75) is 19.8 Å². The zero-order chi connectivity index (χ0) is 20.8. The van der Waals surface area contributed by atoms with E-state index < -0.39 is 0 Å². The molecule has 0 saturated carbocycles. The molecule has 0 aliphatic carbocycles. The molecule has 3 rings (SSSR count). The summed E-state index contributed by atoms with van der Waals surface area (Å²) in [5.41, 5.74) is 3.04. The van der Waals surface area contributed by atoms with Crippen LogP contribution < -0.4 is 14.8 Å². The van der Waals surface area contributed by atoms with E-state index in [1.54, 1.807) is 37.2 Å². The van der Waals surface area contributed by atoms with E-state index in [1.165, 1.54) is 12.1 Å². The van der Waals surface area contributed by atoms with Crippen LogP contribution in [0.5, 0.6) is 11.5 Å². The first-order chi connectivity index (χ1) is 14.1. The van der Waals surface area contributed by atoms with E-state index in [1.807, 2.05) is 25.1 Å². The number of halogens is 1. The molecule has 0 aliphatic rings. The van der Waals surface area contributed by atoms with Crippen molar-refractivity contribution in [2.24, 2.45) is 0 Å². The first-order valence-electron chi connectivity index (χ1n) is 9.39. The number of benzene rings is 2. The molecule has 1 aromatic heterocycles. The normalized spacial score (nSPS) is 10.6. The minimum absolute atomic E-state index is 0.185. The molecule has 1 heterocycles. The van der Waals surface area contributed by atoms with Crippen molar-refractivity contribution in [3.8, 4) is 17.2 Å². The fraction of sp³-hybridized carbons (Fsp3) is 0.273. The van der Waals surface area contributed by atoms with Crippen molar-refractivity contribution < 1.29 is 18.7 Å². The summed E-state index contributed by atoms with van der Waals surface area (Å²) in [5, 5.41) is 7.26. The van der Waals surface area contributed by atoms with Gasteiger partial charge in [0.1, 0.15) is 5.82 Å². The van der Waals surface area contributed by atoms with Gasteiger partial charge in [0.15, 0.2) is 11.5 Å². The standard InChI is InChI=1S/C22H24FN3O3/c1-4-19-18(14-25-26(19)17-8-6-16(23)7-9-17)22(27)24-12-11-15-5-10-20(28-2)21(13-15)29-3/h5-10,13-14H,4,11-12H2,1-3H3,(H,24,27). The van der Waals surface area contributed by atoms with Gasteiger partial charge in [-0.05, 0) is 54.8 Å². The number of hydrogen-bond donors (Lipinski definition) is 1. The average molecular weight is 397 g/mol. The predicted octanol–water partition coefficient (Wildman–Crippen LogP) is 3.56. The molecule has 2 aromatic carbocycles. The van der Waals surface area contributed by atoms with Gasteiger partial charge < -0.3 is 14.8 Å². The summed E-state index contributed by atoms with van der Waals surface area (Å²) in [4.78, 5) is 12.7. The lowest BCUT2D eigenvalue weighted by Gasteiger charge is -2.11. The number of carbonyl (C=O) groups is 1. The van der Waals surface area contributed by atoms with E-state index in [0.29, 0.717) is 42.1 Å². The van der Waals surface area contributed by atoms with Crippen molar-refractivity contribution in [1.29, 1.82) is 0 Å². The summed E-state index contributed by atoms with van der Waals surface area (Å²) >= 11 is 0. The van der Waals surface area contributed by atoms with E-state index in [2.05, 4.69) is 10.4 Å². The zero-order valence-corrected chi connectivity index (χ0v) is 16.7. The third-order valence-corrected chi connectivity index (χ3v) is 4.67. The second-order valence-electron chi connectivity index (χ2n) is 6.44. The van der Waals surface area contributed by atoms with Gasteiger partial charge in [-0.15, -0.1) is 0 Å². The average Bonchev–Trinajstić information content (AvgIpc) is 3.18. The van der Waals surface area contributed by atoms with Gasteiger partial charge in [0.25, 0.3) is 5.91 Å². The summed E-state index contributed by atoms with van der Waals surface area (Å²) in [7, 11) is 3.18. The third-order valence-electron chi connectivity index (χ3n) is 4.67. The summed E-state index contributed by atoms with van der Waals surface area (Å²) < 4.78 is 25.4. The van der Waals surface area contributed by atoms with E-state index in [0.717, 1.165) is 11.3 Å². The Morgan fingerprint density at radius 3 is 2.48 bits per heavy atom. The van der Waals surface area contributed by atoms with E-state index in [9.17, 15) is 9.18 Å². The Bertz CT molecular complexity index is 983. The van der Waals surface area contributed by atoms with Crippen LogP contribution in [-0.2, 0) is 12.8 Å². The van der Waals surface area contributed by atoms with Crippen LogP contribution in [0.15, 0.2) is 48.7 Å². The molecule has 152 valence electrons. The van der Waals surface area contributed by atoms with Crippen LogP contribution in [0.3, 0.4) is 0 Å². The largest absolute Gasteiger partial charge is 0.493 e. The fourth-order valence-corrected chi connectivity index (χ4v) is 3.16. The molecule has 1 N–H and O–H groups in total. The number of amides is 1. The second kappa shape index (κ2) is 9.23. The Kier molecular flexibility index (Phi) is 6.49. The maximum Gasteiger partial charge on any atom is 0.254 e. The number of aromatic nitrogens is 2. The van der Waals surface area contributed by atoms with E-state index in [4.69, 9.17) is 9.47 Å². The van der Waals surface area contributed by atoms with Crippen molar-refractivity contribution in [1.82, 2.24) is 15.1 Å². The minimum Gasteiger partial charge on any atom is -0.493 e. The number of carbonyl (C=O) groups excluding carboxylic acids is 1. The fourth-order valence-electron chi connectivity index (χ4n) is 3.16. The van der Waals surface area contributed by atoms with Gasteiger partial charge in [-0.3, -0.25) is 4.79 Å². The topological polar surface area (TPSA) is 65.4 Å². The lowest BCUT2D eigenvalue weighted by molar-refractivity contribution is 0.0953. The van der Waals surface area contributed by atoms with Crippen LogP contribution in [0.25, 0.3) is 5.69 Å². The van der Waals surface area contributed by atoms with Crippen molar-refractivity contribution in [3.05, 3.63) is 71.3 Å². The second-order valence-corrected chi connectivity index (χ2v) is 6.44. The molecule has 3 aromatic rings.